The highest BCUT2D eigenvalue weighted by molar-refractivity contribution is 5.66. The lowest BCUT2D eigenvalue weighted by molar-refractivity contribution is -0.137. The molecule has 0 heterocycles. The molecule has 0 saturated heterocycles. The molecule has 0 aliphatic heterocycles. The number of carbonyl (C=O) groups is 1. The number of allylic oxidation sites excluding steroid dienone is 2. The lowest BCUT2D eigenvalue weighted by Crippen LogP contribution is -1.93. The molecule has 0 rings (SSSR count). The molecule has 0 aromatic carbocycles. The molecule has 0 aromatic heterocycles. The fraction of sp³-hybridized carbons (Fsp3) is 0.714. The van der Waals surface area contributed by atoms with Crippen LogP contribution in [-0.4, -0.2) is 11.1 Å². The summed E-state index contributed by atoms with van der Waals surface area (Å²) >= 11 is 0. The van der Waals surface area contributed by atoms with Gasteiger partial charge in [0, 0.05) is 6.42 Å². The van der Waals surface area contributed by atoms with Crippen LogP contribution in [0.15, 0.2) is 31.0 Å². The van der Waals surface area contributed by atoms with Crippen molar-refractivity contribution in [3.05, 3.63) is 31.0 Å². The lowest BCUT2D eigenvalue weighted by Gasteiger charge is -1.99. The Morgan fingerprint density at radius 2 is 1.22 bits per heavy atom. The van der Waals surface area contributed by atoms with E-state index < -0.39 is 5.97 Å². The Bertz CT molecular complexity index is 299. The molecule has 134 valence electrons. The second-order valence-electron chi connectivity index (χ2n) is 5.98. The summed E-state index contributed by atoms with van der Waals surface area (Å²) < 4.78 is 0. The van der Waals surface area contributed by atoms with E-state index in [1.54, 1.807) is 0 Å². The first-order valence-corrected chi connectivity index (χ1v) is 9.35. The quantitative estimate of drug-likeness (QED) is 0.199. The van der Waals surface area contributed by atoms with E-state index in [-0.39, 0.29) is 0 Å². The molecule has 0 unspecified atom stereocenters. The zero-order valence-corrected chi connectivity index (χ0v) is 15.3. The van der Waals surface area contributed by atoms with Gasteiger partial charge in [0.05, 0.1) is 0 Å². The van der Waals surface area contributed by atoms with Gasteiger partial charge in [0.25, 0.3) is 0 Å². The van der Waals surface area contributed by atoms with E-state index in [9.17, 15) is 4.79 Å². The van der Waals surface area contributed by atoms with Crippen molar-refractivity contribution in [2.24, 2.45) is 0 Å². The van der Waals surface area contributed by atoms with E-state index in [1.807, 2.05) is 0 Å². The maximum atomic E-state index is 10.3. The maximum Gasteiger partial charge on any atom is 0.303 e. The van der Waals surface area contributed by atoms with Crippen molar-refractivity contribution in [2.75, 3.05) is 0 Å². The van der Waals surface area contributed by atoms with E-state index in [2.05, 4.69) is 38.0 Å². The number of carboxylic acid groups (broad SMARTS) is 1. The molecule has 2 nitrogen and oxygen atoms in total. The molecule has 2 heteroatoms. The molecule has 0 fully saturated rings. The molecule has 1 N–H and O–H groups in total. The van der Waals surface area contributed by atoms with Crippen molar-refractivity contribution in [3.63, 3.8) is 0 Å². The Hall–Kier alpha value is -1.27. The predicted molar refractivity (Wildman–Crippen MR) is 102 cm³/mol. The Balaban J connectivity index is 0. The van der Waals surface area contributed by atoms with Gasteiger partial charge in [-0.25, -0.2) is 0 Å². The summed E-state index contributed by atoms with van der Waals surface area (Å²) in [5, 5.41) is 8.51. The zero-order valence-electron chi connectivity index (χ0n) is 15.3. The molecule has 0 radical (unpaired) electrons. The number of carboxylic acids is 1. The third-order valence-electron chi connectivity index (χ3n) is 3.65. The minimum atomic E-state index is -0.664. The molecule has 0 amide bonds. The Morgan fingerprint density at radius 1 is 0.826 bits per heavy atom. The standard InChI is InChI=1S/C18H34O2.C3H4/c1-2-3-4-5-6-7-8-9-10-11-12-13-14-15-16-17-18(19)20;1-3-2/h9-10H,2-8,11-17H2,1H3,(H,19,20);1-2H2/b10-9-;. The second kappa shape index (κ2) is 23.0. The van der Waals surface area contributed by atoms with Crippen LogP contribution in [0.4, 0.5) is 0 Å². The van der Waals surface area contributed by atoms with Gasteiger partial charge < -0.3 is 5.11 Å². The summed E-state index contributed by atoms with van der Waals surface area (Å²) in [4.78, 5) is 10.3. The minimum Gasteiger partial charge on any atom is -0.481 e. The van der Waals surface area contributed by atoms with Crippen LogP contribution >= 0.6 is 0 Å². The van der Waals surface area contributed by atoms with Crippen LogP contribution < -0.4 is 0 Å². The van der Waals surface area contributed by atoms with E-state index in [4.69, 9.17) is 5.11 Å². The molecule has 0 aliphatic carbocycles. The molecule has 0 aromatic rings. The summed E-state index contributed by atoms with van der Waals surface area (Å²) in [6.45, 7) is 8.51. The summed E-state index contributed by atoms with van der Waals surface area (Å²) in [6.07, 6.45) is 21.2. The third kappa shape index (κ3) is 29.4. The van der Waals surface area contributed by atoms with Crippen LogP contribution in [0.1, 0.15) is 96.8 Å². The smallest absolute Gasteiger partial charge is 0.303 e. The van der Waals surface area contributed by atoms with Crippen LogP contribution in [0.2, 0.25) is 0 Å². The van der Waals surface area contributed by atoms with Crippen molar-refractivity contribution >= 4 is 5.97 Å². The van der Waals surface area contributed by atoms with Gasteiger partial charge in [-0.05, 0) is 32.1 Å². The molecule has 23 heavy (non-hydrogen) atoms. The topological polar surface area (TPSA) is 37.3 Å². The highest BCUT2D eigenvalue weighted by Gasteiger charge is 1.95. The van der Waals surface area contributed by atoms with Crippen molar-refractivity contribution in [1.29, 1.82) is 0 Å². The Kier molecular flexibility index (Phi) is 24.0. The molecule has 0 aliphatic rings. The first-order chi connectivity index (χ1) is 11.2. The number of hydrogen-bond acceptors (Lipinski definition) is 1. The van der Waals surface area contributed by atoms with Crippen molar-refractivity contribution < 1.29 is 9.90 Å². The maximum absolute atomic E-state index is 10.3. The molecular formula is C21H38O2. The first kappa shape index (κ1) is 24.0. The summed E-state index contributed by atoms with van der Waals surface area (Å²) in [5.41, 5.74) is 2.25. The monoisotopic (exact) mass is 322 g/mol. The largest absolute Gasteiger partial charge is 0.481 e. The van der Waals surface area contributed by atoms with Gasteiger partial charge in [-0.2, -0.15) is 0 Å². The highest BCUT2D eigenvalue weighted by Crippen LogP contribution is 2.09. The van der Waals surface area contributed by atoms with Gasteiger partial charge in [-0.15, -0.1) is 5.73 Å². The Morgan fingerprint density at radius 3 is 1.65 bits per heavy atom. The molecular weight excluding hydrogens is 284 g/mol. The minimum absolute atomic E-state index is 0.332. The van der Waals surface area contributed by atoms with E-state index >= 15 is 0 Å². The van der Waals surface area contributed by atoms with E-state index in [1.165, 1.54) is 70.6 Å². The highest BCUT2D eigenvalue weighted by atomic mass is 16.4. The number of hydrogen-bond donors (Lipinski definition) is 1. The molecule has 0 spiro atoms. The van der Waals surface area contributed by atoms with Crippen LogP contribution in [0.5, 0.6) is 0 Å². The normalized spacial score (nSPS) is 10.1. The fourth-order valence-electron chi connectivity index (χ4n) is 2.35. The summed E-state index contributed by atoms with van der Waals surface area (Å²) in [6, 6.07) is 0. The third-order valence-corrected chi connectivity index (χ3v) is 3.65. The van der Waals surface area contributed by atoms with Gasteiger partial charge >= 0.3 is 5.97 Å². The van der Waals surface area contributed by atoms with Crippen LogP contribution in [0.3, 0.4) is 0 Å². The van der Waals surface area contributed by atoms with Crippen molar-refractivity contribution in [2.45, 2.75) is 96.8 Å². The van der Waals surface area contributed by atoms with Gasteiger partial charge in [0.2, 0.25) is 0 Å². The number of aliphatic carboxylic acids is 1. The van der Waals surface area contributed by atoms with Gasteiger partial charge in [-0.3, -0.25) is 4.79 Å². The van der Waals surface area contributed by atoms with Gasteiger partial charge in [0.15, 0.2) is 0 Å². The van der Waals surface area contributed by atoms with E-state index in [0.717, 1.165) is 12.8 Å². The number of unbranched alkanes of at least 4 members (excludes halogenated alkanes) is 11. The summed E-state index contributed by atoms with van der Waals surface area (Å²) in [5.74, 6) is -0.664. The van der Waals surface area contributed by atoms with Crippen LogP contribution in [0.25, 0.3) is 0 Å². The van der Waals surface area contributed by atoms with Crippen LogP contribution in [0, 0.1) is 0 Å². The zero-order chi connectivity index (χ0) is 17.6. The van der Waals surface area contributed by atoms with Gasteiger partial charge in [0.1, 0.15) is 0 Å². The van der Waals surface area contributed by atoms with Crippen LogP contribution in [-0.2, 0) is 4.79 Å². The fourth-order valence-corrected chi connectivity index (χ4v) is 2.35. The van der Waals surface area contributed by atoms with Crippen molar-refractivity contribution in [1.82, 2.24) is 0 Å². The predicted octanol–water partition coefficient (Wildman–Crippen LogP) is 7.07. The second-order valence-corrected chi connectivity index (χ2v) is 5.98. The van der Waals surface area contributed by atoms with E-state index in [0.29, 0.717) is 6.42 Å². The number of rotatable bonds is 15. The molecule has 0 atom stereocenters. The molecule has 0 bridgehead atoms. The Labute approximate surface area is 144 Å². The lowest BCUT2D eigenvalue weighted by atomic mass is 10.1. The SMILES string of the molecule is C=C=C.CCCCCCCC/C=C\CCCCCCCC(=O)O. The first-order valence-electron chi connectivity index (χ1n) is 9.35. The average Bonchev–Trinajstić information content (AvgIpc) is 2.51. The van der Waals surface area contributed by atoms with Crippen molar-refractivity contribution in [3.8, 4) is 0 Å². The molecule has 0 saturated carbocycles. The summed E-state index contributed by atoms with van der Waals surface area (Å²) in [7, 11) is 0. The average molecular weight is 323 g/mol. The van der Waals surface area contributed by atoms with Gasteiger partial charge in [-0.1, -0.05) is 83.6 Å².